The average molecular weight is 309 g/mol. The predicted molar refractivity (Wildman–Crippen MR) is 84.3 cm³/mol. The minimum absolute atomic E-state index is 0.0683. The number of likely N-dealkylation sites (tertiary alicyclic amines) is 1. The highest BCUT2D eigenvalue weighted by atomic mass is 35.5. The lowest BCUT2D eigenvalue weighted by molar-refractivity contribution is -0.137. The Bertz CT molecular complexity index is 514. The van der Waals surface area contributed by atoms with Crippen molar-refractivity contribution < 1.29 is 9.59 Å². The number of rotatable bonds is 4. The number of nitrogens with zero attached hydrogens (tertiary/aromatic N) is 1. The number of amides is 2. The largest absolute Gasteiger partial charge is 0.331 e. The summed E-state index contributed by atoms with van der Waals surface area (Å²) in [5.41, 5.74) is 0.701. The Morgan fingerprint density at radius 1 is 1.33 bits per heavy atom. The van der Waals surface area contributed by atoms with Crippen molar-refractivity contribution in [2.75, 3.05) is 11.9 Å². The maximum absolute atomic E-state index is 12.4. The van der Waals surface area contributed by atoms with E-state index in [1.54, 1.807) is 29.2 Å². The number of carbonyl (C=O) groups excluding carboxylic acids is 2. The van der Waals surface area contributed by atoms with E-state index in [1.165, 1.54) is 0 Å². The van der Waals surface area contributed by atoms with Crippen LogP contribution in [-0.2, 0) is 9.59 Å². The SMILES string of the molecule is CC(C)CC(=O)N1CCC[C@@H]1C(=O)Nc1ccc(Cl)cc1. The molecule has 1 aliphatic heterocycles. The van der Waals surface area contributed by atoms with Crippen molar-refractivity contribution in [1.29, 1.82) is 0 Å². The number of halogens is 1. The number of benzene rings is 1. The van der Waals surface area contributed by atoms with Crippen molar-refractivity contribution in [3.63, 3.8) is 0 Å². The molecular formula is C16H21ClN2O2. The van der Waals surface area contributed by atoms with Gasteiger partial charge in [0.1, 0.15) is 6.04 Å². The molecule has 2 amide bonds. The number of carbonyl (C=O) groups is 2. The van der Waals surface area contributed by atoms with Crippen LogP contribution in [0.15, 0.2) is 24.3 Å². The van der Waals surface area contributed by atoms with Gasteiger partial charge < -0.3 is 10.2 Å². The molecule has 2 rings (SSSR count). The number of hydrogen-bond donors (Lipinski definition) is 1. The number of nitrogens with one attached hydrogen (secondary N) is 1. The molecule has 0 saturated carbocycles. The molecule has 1 N–H and O–H groups in total. The highest BCUT2D eigenvalue weighted by Crippen LogP contribution is 2.22. The molecule has 0 radical (unpaired) electrons. The molecule has 0 aliphatic carbocycles. The van der Waals surface area contributed by atoms with Gasteiger partial charge in [0.2, 0.25) is 11.8 Å². The van der Waals surface area contributed by atoms with E-state index in [0.29, 0.717) is 29.6 Å². The van der Waals surface area contributed by atoms with Crippen molar-refractivity contribution in [2.24, 2.45) is 5.92 Å². The van der Waals surface area contributed by atoms with Crippen LogP contribution in [-0.4, -0.2) is 29.3 Å². The summed E-state index contributed by atoms with van der Waals surface area (Å²) in [6.45, 7) is 4.69. The van der Waals surface area contributed by atoms with Crippen molar-refractivity contribution >= 4 is 29.1 Å². The summed E-state index contributed by atoms with van der Waals surface area (Å²) in [6, 6.07) is 6.62. The third-order valence-corrected chi connectivity index (χ3v) is 3.82. The molecule has 0 unspecified atom stereocenters. The Kier molecular flexibility index (Phi) is 5.23. The van der Waals surface area contributed by atoms with Gasteiger partial charge in [-0.25, -0.2) is 0 Å². The zero-order valence-corrected chi connectivity index (χ0v) is 13.2. The molecule has 1 aliphatic rings. The van der Waals surface area contributed by atoms with Gasteiger partial charge in [-0.2, -0.15) is 0 Å². The minimum Gasteiger partial charge on any atom is -0.331 e. The number of anilines is 1. The van der Waals surface area contributed by atoms with E-state index in [9.17, 15) is 9.59 Å². The van der Waals surface area contributed by atoms with Crippen LogP contribution >= 0.6 is 11.6 Å². The first-order valence-corrected chi connectivity index (χ1v) is 7.71. The molecule has 1 heterocycles. The number of hydrogen-bond acceptors (Lipinski definition) is 2. The summed E-state index contributed by atoms with van der Waals surface area (Å²) < 4.78 is 0. The fraction of sp³-hybridized carbons (Fsp3) is 0.500. The second-order valence-electron chi connectivity index (χ2n) is 5.84. The molecule has 1 aromatic carbocycles. The van der Waals surface area contributed by atoms with E-state index < -0.39 is 0 Å². The van der Waals surface area contributed by atoms with Gasteiger partial charge in [0.15, 0.2) is 0 Å². The highest BCUT2D eigenvalue weighted by molar-refractivity contribution is 6.30. The van der Waals surface area contributed by atoms with Gasteiger partial charge in [0.25, 0.3) is 0 Å². The zero-order valence-electron chi connectivity index (χ0n) is 12.4. The van der Waals surface area contributed by atoms with Gasteiger partial charge in [0, 0.05) is 23.7 Å². The first-order chi connectivity index (χ1) is 9.97. The van der Waals surface area contributed by atoms with Crippen molar-refractivity contribution in [1.82, 2.24) is 4.90 Å². The second-order valence-corrected chi connectivity index (χ2v) is 6.28. The maximum atomic E-state index is 12.4. The molecule has 1 aromatic rings. The van der Waals surface area contributed by atoms with Gasteiger partial charge in [-0.15, -0.1) is 0 Å². The van der Waals surface area contributed by atoms with E-state index in [-0.39, 0.29) is 17.9 Å². The zero-order chi connectivity index (χ0) is 15.4. The minimum atomic E-state index is -0.355. The molecule has 1 fully saturated rings. The lowest BCUT2D eigenvalue weighted by Crippen LogP contribution is -2.43. The average Bonchev–Trinajstić information content (AvgIpc) is 2.90. The van der Waals surface area contributed by atoms with Gasteiger partial charge >= 0.3 is 0 Å². The van der Waals surface area contributed by atoms with Crippen molar-refractivity contribution in [2.45, 2.75) is 39.2 Å². The Balaban J connectivity index is 2.00. The fourth-order valence-electron chi connectivity index (χ4n) is 2.56. The smallest absolute Gasteiger partial charge is 0.247 e. The van der Waals surface area contributed by atoms with E-state index in [4.69, 9.17) is 11.6 Å². The van der Waals surface area contributed by atoms with Crippen LogP contribution in [0.5, 0.6) is 0 Å². The summed E-state index contributed by atoms with van der Waals surface area (Å²) in [4.78, 5) is 26.3. The van der Waals surface area contributed by atoms with E-state index >= 15 is 0 Å². The molecular weight excluding hydrogens is 288 g/mol. The first kappa shape index (κ1) is 15.8. The third kappa shape index (κ3) is 4.21. The lowest BCUT2D eigenvalue weighted by atomic mass is 10.1. The van der Waals surface area contributed by atoms with Crippen LogP contribution in [0.2, 0.25) is 5.02 Å². The summed E-state index contributed by atoms with van der Waals surface area (Å²) >= 11 is 5.82. The molecule has 1 saturated heterocycles. The quantitative estimate of drug-likeness (QED) is 0.927. The standard InChI is InChI=1S/C16H21ClN2O2/c1-11(2)10-15(20)19-9-3-4-14(19)16(21)18-13-7-5-12(17)6-8-13/h5-8,11,14H,3-4,9-10H2,1-2H3,(H,18,21)/t14-/m1/s1. The maximum Gasteiger partial charge on any atom is 0.247 e. The first-order valence-electron chi connectivity index (χ1n) is 7.33. The Labute approximate surface area is 130 Å². The Hall–Kier alpha value is -1.55. The molecule has 1 atom stereocenters. The lowest BCUT2D eigenvalue weighted by Gasteiger charge is -2.24. The summed E-state index contributed by atoms with van der Waals surface area (Å²) in [5, 5.41) is 3.49. The van der Waals surface area contributed by atoms with Crippen LogP contribution in [0.1, 0.15) is 33.1 Å². The summed E-state index contributed by atoms with van der Waals surface area (Å²) in [6.07, 6.45) is 2.09. The Morgan fingerprint density at radius 2 is 2.00 bits per heavy atom. The molecule has 0 bridgehead atoms. The van der Waals surface area contributed by atoms with Gasteiger partial charge in [-0.3, -0.25) is 9.59 Å². The van der Waals surface area contributed by atoms with Crippen molar-refractivity contribution in [3.8, 4) is 0 Å². The van der Waals surface area contributed by atoms with Crippen LogP contribution < -0.4 is 5.32 Å². The van der Waals surface area contributed by atoms with E-state index in [0.717, 1.165) is 12.8 Å². The summed E-state index contributed by atoms with van der Waals surface area (Å²) in [5.74, 6) is 0.253. The van der Waals surface area contributed by atoms with E-state index in [1.807, 2.05) is 13.8 Å². The third-order valence-electron chi connectivity index (χ3n) is 3.57. The molecule has 21 heavy (non-hydrogen) atoms. The molecule has 4 nitrogen and oxygen atoms in total. The van der Waals surface area contributed by atoms with Gasteiger partial charge in [-0.05, 0) is 43.0 Å². The predicted octanol–water partition coefficient (Wildman–Crippen LogP) is 3.32. The summed E-state index contributed by atoms with van der Waals surface area (Å²) in [7, 11) is 0. The normalized spacial score (nSPS) is 18.1. The van der Waals surface area contributed by atoms with Gasteiger partial charge in [0.05, 0.1) is 0 Å². The topological polar surface area (TPSA) is 49.4 Å². The van der Waals surface area contributed by atoms with Crippen LogP contribution in [0, 0.1) is 5.92 Å². The monoisotopic (exact) mass is 308 g/mol. The van der Waals surface area contributed by atoms with E-state index in [2.05, 4.69) is 5.32 Å². The fourth-order valence-corrected chi connectivity index (χ4v) is 2.69. The van der Waals surface area contributed by atoms with Crippen molar-refractivity contribution in [3.05, 3.63) is 29.3 Å². The molecule has 0 aromatic heterocycles. The van der Waals surface area contributed by atoms with Crippen LogP contribution in [0.4, 0.5) is 5.69 Å². The molecule has 5 heteroatoms. The van der Waals surface area contributed by atoms with Crippen LogP contribution in [0.3, 0.4) is 0 Å². The molecule has 0 spiro atoms. The second kappa shape index (κ2) is 6.94. The molecule has 114 valence electrons. The van der Waals surface area contributed by atoms with Gasteiger partial charge in [-0.1, -0.05) is 25.4 Å². The highest BCUT2D eigenvalue weighted by Gasteiger charge is 2.33. The van der Waals surface area contributed by atoms with Crippen LogP contribution in [0.25, 0.3) is 0 Å². The Morgan fingerprint density at radius 3 is 2.62 bits per heavy atom.